The summed E-state index contributed by atoms with van der Waals surface area (Å²) in [6.07, 6.45) is 6.04. The fourth-order valence-electron chi connectivity index (χ4n) is 3.84. The van der Waals surface area contributed by atoms with Crippen molar-refractivity contribution in [1.82, 2.24) is 19.9 Å². The number of carbonyl (C=O) groups is 1. The number of hydrogen-bond acceptors (Lipinski definition) is 6. The highest BCUT2D eigenvalue weighted by atomic mass is 16.5. The zero-order valence-corrected chi connectivity index (χ0v) is 14.6. The zero-order valence-electron chi connectivity index (χ0n) is 14.6. The Kier molecular flexibility index (Phi) is 3.78. The number of methoxy groups -OCH3 is 1. The van der Waals surface area contributed by atoms with E-state index in [1.807, 2.05) is 30.1 Å². The number of rotatable bonds is 3. The first kappa shape index (κ1) is 15.8. The van der Waals surface area contributed by atoms with Gasteiger partial charge < -0.3 is 14.5 Å². The molecule has 2 atom stereocenters. The van der Waals surface area contributed by atoms with Crippen molar-refractivity contribution in [3.8, 4) is 5.75 Å². The first-order valence-electron chi connectivity index (χ1n) is 8.39. The largest absolute Gasteiger partial charge is 0.494 e. The Labute approximate surface area is 146 Å². The van der Waals surface area contributed by atoms with Crippen LogP contribution in [0.4, 0.5) is 5.95 Å². The number of pyridine rings is 1. The summed E-state index contributed by atoms with van der Waals surface area (Å²) in [5.74, 6) is 2.00. The molecule has 0 N–H and O–H groups in total. The number of likely N-dealkylation sites (tertiary alicyclic amines) is 1. The van der Waals surface area contributed by atoms with E-state index in [1.165, 1.54) is 5.56 Å². The summed E-state index contributed by atoms with van der Waals surface area (Å²) in [6.45, 7) is 1.44. The highest BCUT2D eigenvalue weighted by Crippen LogP contribution is 2.42. The second-order valence-corrected chi connectivity index (χ2v) is 6.82. The Bertz CT molecular complexity index is 823. The number of fused-ring (bicyclic) bond motifs is 3. The number of carbonyl (C=O) groups excluding carboxylic acids is 1. The molecule has 1 fully saturated rings. The van der Waals surface area contributed by atoms with Gasteiger partial charge in [-0.05, 0) is 24.0 Å². The van der Waals surface area contributed by atoms with Crippen LogP contribution in [0, 0.1) is 5.92 Å². The lowest BCUT2D eigenvalue weighted by Crippen LogP contribution is -2.30. The Balaban J connectivity index is 1.56. The van der Waals surface area contributed by atoms with Gasteiger partial charge in [0.15, 0.2) is 0 Å². The maximum Gasteiger partial charge on any atom is 0.257 e. The second-order valence-electron chi connectivity index (χ2n) is 6.82. The minimum atomic E-state index is 0.000954. The van der Waals surface area contributed by atoms with E-state index in [2.05, 4.69) is 15.0 Å². The van der Waals surface area contributed by atoms with Gasteiger partial charge in [0.25, 0.3) is 5.91 Å². The van der Waals surface area contributed by atoms with E-state index in [0.717, 1.165) is 24.6 Å². The first-order chi connectivity index (χ1) is 12.1. The lowest BCUT2D eigenvalue weighted by Gasteiger charge is -2.19. The molecule has 1 aliphatic heterocycles. The summed E-state index contributed by atoms with van der Waals surface area (Å²) in [4.78, 5) is 29.9. The van der Waals surface area contributed by atoms with E-state index in [0.29, 0.717) is 29.7 Å². The van der Waals surface area contributed by atoms with Gasteiger partial charge in [-0.25, -0.2) is 9.97 Å². The molecule has 3 heterocycles. The molecule has 25 heavy (non-hydrogen) atoms. The maximum atomic E-state index is 12.9. The van der Waals surface area contributed by atoms with Crippen LogP contribution in [0.5, 0.6) is 5.75 Å². The van der Waals surface area contributed by atoms with Crippen LogP contribution in [0.15, 0.2) is 24.7 Å². The molecule has 2 aromatic rings. The first-order valence-corrected chi connectivity index (χ1v) is 8.39. The van der Waals surface area contributed by atoms with Gasteiger partial charge in [-0.3, -0.25) is 9.78 Å². The quantitative estimate of drug-likeness (QED) is 0.841. The smallest absolute Gasteiger partial charge is 0.257 e. The highest BCUT2D eigenvalue weighted by molar-refractivity contribution is 5.97. The number of anilines is 1. The molecule has 0 saturated carbocycles. The molecular formula is C18H21N5O2. The van der Waals surface area contributed by atoms with Gasteiger partial charge in [-0.15, -0.1) is 0 Å². The Hall–Kier alpha value is -2.70. The molecule has 0 bridgehead atoms. The van der Waals surface area contributed by atoms with Gasteiger partial charge in [-0.1, -0.05) is 0 Å². The number of amides is 1. The number of hydrogen-bond donors (Lipinski definition) is 0. The van der Waals surface area contributed by atoms with E-state index < -0.39 is 0 Å². The van der Waals surface area contributed by atoms with Crippen molar-refractivity contribution in [1.29, 1.82) is 0 Å². The molecule has 7 nitrogen and oxygen atoms in total. The normalized spacial score (nSPS) is 21.0. The molecule has 2 aromatic heterocycles. The summed E-state index contributed by atoms with van der Waals surface area (Å²) in [7, 11) is 5.45. The SMILES string of the molecule is COc1cnccc1C(=O)N1CC2Cc3nc(N(C)C)ncc3C2C1. The Morgan fingerprint density at radius 2 is 2.16 bits per heavy atom. The van der Waals surface area contributed by atoms with Crippen LogP contribution < -0.4 is 9.64 Å². The van der Waals surface area contributed by atoms with E-state index in [9.17, 15) is 4.79 Å². The fraction of sp³-hybridized carbons (Fsp3) is 0.444. The van der Waals surface area contributed by atoms with Crippen molar-refractivity contribution in [2.75, 3.05) is 39.2 Å². The molecular weight excluding hydrogens is 318 g/mol. The minimum Gasteiger partial charge on any atom is -0.494 e. The van der Waals surface area contributed by atoms with Crippen LogP contribution in [0.1, 0.15) is 27.5 Å². The molecule has 7 heteroatoms. The van der Waals surface area contributed by atoms with Crippen molar-refractivity contribution in [2.45, 2.75) is 12.3 Å². The van der Waals surface area contributed by atoms with Crippen molar-refractivity contribution < 1.29 is 9.53 Å². The van der Waals surface area contributed by atoms with Crippen LogP contribution in [0.2, 0.25) is 0 Å². The second kappa shape index (κ2) is 5.98. The summed E-state index contributed by atoms with van der Waals surface area (Å²) >= 11 is 0. The molecule has 0 aromatic carbocycles. The third-order valence-electron chi connectivity index (χ3n) is 5.11. The average Bonchev–Trinajstić information content (AvgIpc) is 3.18. The molecule has 0 spiro atoms. The molecule has 1 aliphatic carbocycles. The standard InChI is InChI=1S/C18H21N5O2/c1-22(2)18-20-7-13-14-10-23(9-11(14)6-15(13)21-18)17(24)12-4-5-19-8-16(12)25-3/h4-5,7-8,11,14H,6,9-10H2,1-3H3. The highest BCUT2D eigenvalue weighted by Gasteiger charge is 2.43. The predicted molar refractivity (Wildman–Crippen MR) is 93.0 cm³/mol. The van der Waals surface area contributed by atoms with Crippen LogP contribution in [0.3, 0.4) is 0 Å². The number of aromatic nitrogens is 3. The van der Waals surface area contributed by atoms with Crippen LogP contribution in [-0.2, 0) is 6.42 Å². The lowest BCUT2D eigenvalue weighted by molar-refractivity contribution is 0.0781. The lowest BCUT2D eigenvalue weighted by atomic mass is 9.98. The third kappa shape index (κ3) is 2.59. The van der Waals surface area contributed by atoms with Gasteiger partial charge in [0, 0.05) is 51.2 Å². The predicted octanol–water partition coefficient (Wildman–Crippen LogP) is 1.36. The zero-order chi connectivity index (χ0) is 17.6. The number of nitrogens with zero attached hydrogens (tertiary/aromatic N) is 5. The van der Waals surface area contributed by atoms with Gasteiger partial charge in [-0.2, -0.15) is 0 Å². The van der Waals surface area contributed by atoms with Crippen molar-refractivity contribution >= 4 is 11.9 Å². The van der Waals surface area contributed by atoms with E-state index in [1.54, 1.807) is 25.6 Å². The maximum absolute atomic E-state index is 12.9. The molecule has 130 valence electrons. The summed E-state index contributed by atoms with van der Waals surface area (Å²) < 4.78 is 5.28. The van der Waals surface area contributed by atoms with E-state index in [4.69, 9.17) is 4.74 Å². The van der Waals surface area contributed by atoms with Crippen LogP contribution >= 0.6 is 0 Å². The van der Waals surface area contributed by atoms with E-state index in [-0.39, 0.29) is 5.91 Å². The van der Waals surface area contributed by atoms with E-state index >= 15 is 0 Å². The monoisotopic (exact) mass is 339 g/mol. The molecule has 4 rings (SSSR count). The molecule has 2 unspecified atom stereocenters. The molecule has 1 amide bonds. The Morgan fingerprint density at radius 1 is 1.32 bits per heavy atom. The summed E-state index contributed by atoms with van der Waals surface area (Å²) in [5.41, 5.74) is 2.88. The molecule has 0 radical (unpaired) electrons. The minimum absolute atomic E-state index is 0.000954. The topological polar surface area (TPSA) is 71.5 Å². The Morgan fingerprint density at radius 3 is 2.92 bits per heavy atom. The van der Waals surface area contributed by atoms with Gasteiger partial charge in [0.2, 0.25) is 5.95 Å². The molecule has 1 saturated heterocycles. The molecule has 2 aliphatic rings. The summed E-state index contributed by atoms with van der Waals surface area (Å²) in [5, 5.41) is 0. The summed E-state index contributed by atoms with van der Waals surface area (Å²) in [6, 6.07) is 1.72. The van der Waals surface area contributed by atoms with Crippen molar-refractivity contribution in [3.05, 3.63) is 41.5 Å². The van der Waals surface area contributed by atoms with Crippen molar-refractivity contribution in [3.63, 3.8) is 0 Å². The number of ether oxygens (including phenoxy) is 1. The van der Waals surface area contributed by atoms with Gasteiger partial charge in [0.1, 0.15) is 5.75 Å². The van der Waals surface area contributed by atoms with Gasteiger partial charge in [0.05, 0.1) is 18.9 Å². The fourth-order valence-corrected chi connectivity index (χ4v) is 3.84. The average molecular weight is 339 g/mol. The van der Waals surface area contributed by atoms with Gasteiger partial charge >= 0.3 is 0 Å². The van der Waals surface area contributed by atoms with Crippen LogP contribution in [0.25, 0.3) is 0 Å². The van der Waals surface area contributed by atoms with Crippen molar-refractivity contribution in [2.24, 2.45) is 5.92 Å². The van der Waals surface area contributed by atoms with Crippen LogP contribution in [-0.4, -0.2) is 60.1 Å². The third-order valence-corrected chi connectivity index (χ3v) is 5.11.